The van der Waals surface area contributed by atoms with Crippen molar-refractivity contribution in [2.45, 2.75) is 77.1 Å². The number of likely N-dealkylation sites (tertiary alicyclic amines) is 1. The molecular formula is C21H33N5O5S. The molecule has 1 aliphatic carbocycles. The van der Waals surface area contributed by atoms with E-state index in [2.05, 4.69) is 15.6 Å². The second kappa shape index (κ2) is 8.09. The Bertz CT molecular complexity index is 984. The number of aliphatic hydroxyl groups excluding tert-OH is 1. The summed E-state index contributed by atoms with van der Waals surface area (Å²) in [7, 11) is -2.99. The summed E-state index contributed by atoms with van der Waals surface area (Å²) in [4.78, 5) is 28.2. The van der Waals surface area contributed by atoms with Gasteiger partial charge in [-0.15, -0.1) is 5.10 Å². The largest absolute Gasteiger partial charge is 0.391 e. The van der Waals surface area contributed by atoms with Crippen LogP contribution in [-0.2, 0) is 19.4 Å². The van der Waals surface area contributed by atoms with Gasteiger partial charge in [-0.1, -0.05) is 26.0 Å². The van der Waals surface area contributed by atoms with Crippen molar-refractivity contribution >= 4 is 21.7 Å². The fourth-order valence-electron chi connectivity index (χ4n) is 4.66. The van der Waals surface area contributed by atoms with Crippen molar-refractivity contribution in [2.75, 3.05) is 18.1 Å². The number of nitrogens with one attached hydrogen (secondary N) is 1. The average Bonchev–Trinajstić information content (AvgIpc) is 3.26. The lowest BCUT2D eigenvalue weighted by Crippen LogP contribution is -2.55. The van der Waals surface area contributed by atoms with Crippen molar-refractivity contribution in [3.05, 3.63) is 11.9 Å². The summed E-state index contributed by atoms with van der Waals surface area (Å²) in [6.07, 6.45) is 3.33. The van der Waals surface area contributed by atoms with Gasteiger partial charge in [-0.3, -0.25) is 9.59 Å². The van der Waals surface area contributed by atoms with Crippen molar-refractivity contribution in [3.63, 3.8) is 0 Å². The second-order valence-corrected chi connectivity index (χ2v) is 12.9. The molecule has 4 atom stereocenters. The van der Waals surface area contributed by atoms with Gasteiger partial charge in [0.1, 0.15) is 12.1 Å². The molecule has 2 saturated heterocycles. The Balaban J connectivity index is 1.50. The zero-order valence-corrected chi connectivity index (χ0v) is 19.9. The van der Waals surface area contributed by atoms with E-state index in [1.54, 1.807) is 11.6 Å². The van der Waals surface area contributed by atoms with E-state index in [0.29, 0.717) is 5.92 Å². The highest BCUT2D eigenvalue weighted by molar-refractivity contribution is 7.92. The highest BCUT2D eigenvalue weighted by Gasteiger charge is 2.46. The van der Waals surface area contributed by atoms with E-state index in [1.165, 1.54) is 4.90 Å². The number of hydrogen-bond donors (Lipinski definition) is 2. The molecule has 0 bridgehead atoms. The minimum Gasteiger partial charge on any atom is -0.391 e. The Morgan fingerprint density at radius 1 is 1.25 bits per heavy atom. The summed E-state index contributed by atoms with van der Waals surface area (Å²) < 4.78 is 24.5. The van der Waals surface area contributed by atoms with Crippen LogP contribution in [0.3, 0.4) is 0 Å². The zero-order valence-electron chi connectivity index (χ0n) is 19.1. The van der Waals surface area contributed by atoms with Crippen LogP contribution in [-0.4, -0.2) is 81.5 Å². The highest BCUT2D eigenvalue weighted by atomic mass is 32.2. The molecule has 1 aromatic rings. The van der Waals surface area contributed by atoms with Gasteiger partial charge in [0.05, 0.1) is 23.3 Å². The fraction of sp³-hybridized carbons (Fsp3) is 0.810. The minimum absolute atomic E-state index is 0.0616. The van der Waals surface area contributed by atoms with Crippen molar-refractivity contribution in [3.8, 4) is 0 Å². The third-order valence-electron chi connectivity index (χ3n) is 6.72. The van der Waals surface area contributed by atoms with Crippen LogP contribution < -0.4 is 5.32 Å². The smallest absolute Gasteiger partial charge is 0.248 e. The van der Waals surface area contributed by atoms with Crippen molar-refractivity contribution in [2.24, 2.45) is 11.3 Å². The number of aromatic nitrogens is 3. The van der Waals surface area contributed by atoms with Gasteiger partial charge in [0.15, 0.2) is 9.84 Å². The normalized spacial score (nSPS) is 27.6. The SMILES string of the molecule is CC(NC(=O)C1CC(O)CN1C(=O)[C@@H](n1cc(C2CC2)nn1)C(C)(C)C)C1CS(=O)(=O)C1. The molecular weight excluding hydrogens is 434 g/mol. The summed E-state index contributed by atoms with van der Waals surface area (Å²) in [5, 5.41) is 21.6. The fourth-order valence-corrected chi connectivity index (χ4v) is 6.44. The molecule has 3 aliphatic rings. The van der Waals surface area contributed by atoms with Crippen molar-refractivity contribution < 1.29 is 23.1 Å². The van der Waals surface area contributed by atoms with Crippen LogP contribution in [0.4, 0.5) is 0 Å². The van der Waals surface area contributed by atoms with Crippen LogP contribution in [0.1, 0.15) is 64.6 Å². The summed E-state index contributed by atoms with van der Waals surface area (Å²) in [6.45, 7) is 7.67. The van der Waals surface area contributed by atoms with Gasteiger partial charge in [-0.25, -0.2) is 13.1 Å². The molecule has 10 nitrogen and oxygen atoms in total. The molecule has 1 saturated carbocycles. The van der Waals surface area contributed by atoms with E-state index in [-0.39, 0.29) is 48.2 Å². The third-order valence-corrected chi connectivity index (χ3v) is 8.59. The van der Waals surface area contributed by atoms with Gasteiger partial charge in [0.2, 0.25) is 11.8 Å². The van der Waals surface area contributed by atoms with Gasteiger partial charge >= 0.3 is 0 Å². The van der Waals surface area contributed by atoms with Gasteiger partial charge in [0, 0.05) is 37.0 Å². The lowest BCUT2D eigenvalue weighted by Gasteiger charge is -2.36. The molecule has 2 aliphatic heterocycles. The summed E-state index contributed by atoms with van der Waals surface area (Å²) in [5.74, 6) is -0.240. The number of amides is 2. The quantitative estimate of drug-likeness (QED) is 0.612. The van der Waals surface area contributed by atoms with Gasteiger partial charge in [-0.2, -0.15) is 0 Å². The van der Waals surface area contributed by atoms with Crippen LogP contribution in [0.2, 0.25) is 0 Å². The number of hydrogen-bond acceptors (Lipinski definition) is 7. The number of β-amino-alcohol motifs (C(OH)–C–C–N with tert-alkyl or cyclic N) is 1. The summed E-state index contributed by atoms with van der Waals surface area (Å²) in [6, 6.07) is -1.80. The molecule has 11 heteroatoms. The first kappa shape index (κ1) is 23.2. The molecule has 32 heavy (non-hydrogen) atoms. The molecule has 4 rings (SSSR count). The Kier molecular flexibility index (Phi) is 5.85. The molecule has 3 unspecified atom stereocenters. The van der Waals surface area contributed by atoms with Crippen LogP contribution in [0.5, 0.6) is 0 Å². The molecule has 1 aromatic heterocycles. The number of carbonyl (C=O) groups is 2. The van der Waals surface area contributed by atoms with Crippen LogP contribution in [0.25, 0.3) is 0 Å². The minimum atomic E-state index is -2.99. The third kappa shape index (κ3) is 4.68. The Morgan fingerprint density at radius 3 is 2.47 bits per heavy atom. The molecule has 3 fully saturated rings. The average molecular weight is 468 g/mol. The molecule has 2 N–H and O–H groups in total. The first-order chi connectivity index (χ1) is 14.9. The maximum Gasteiger partial charge on any atom is 0.248 e. The van der Waals surface area contributed by atoms with Crippen molar-refractivity contribution in [1.82, 2.24) is 25.2 Å². The van der Waals surface area contributed by atoms with Crippen LogP contribution >= 0.6 is 0 Å². The topological polar surface area (TPSA) is 134 Å². The highest BCUT2D eigenvalue weighted by Crippen LogP contribution is 2.40. The molecule has 0 aromatic carbocycles. The number of rotatable bonds is 6. The van der Waals surface area contributed by atoms with E-state index < -0.39 is 33.4 Å². The van der Waals surface area contributed by atoms with E-state index in [9.17, 15) is 23.1 Å². The van der Waals surface area contributed by atoms with E-state index in [1.807, 2.05) is 27.0 Å². The Labute approximate surface area is 188 Å². The first-order valence-electron chi connectivity index (χ1n) is 11.3. The summed E-state index contributed by atoms with van der Waals surface area (Å²) >= 11 is 0. The van der Waals surface area contributed by atoms with Gasteiger partial charge in [-0.05, 0) is 25.2 Å². The predicted molar refractivity (Wildman–Crippen MR) is 116 cm³/mol. The Morgan fingerprint density at radius 2 is 1.91 bits per heavy atom. The monoisotopic (exact) mass is 467 g/mol. The molecule has 2 amide bonds. The van der Waals surface area contributed by atoms with Gasteiger partial charge in [0.25, 0.3) is 0 Å². The number of aliphatic hydroxyl groups is 1. The number of nitrogens with zero attached hydrogens (tertiary/aromatic N) is 4. The van der Waals surface area contributed by atoms with Gasteiger partial charge < -0.3 is 15.3 Å². The Hall–Kier alpha value is -2.01. The van der Waals surface area contributed by atoms with Crippen molar-refractivity contribution in [1.29, 1.82) is 0 Å². The van der Waals surface area contributed by atoms with E-state index in [4.69, 9.17) is 0 Å². The predicted octanol–water partition coefficient (Wildman–Crippen LogP) is 0.254. The van der Waals surface area contributed by atoms with E-state index in [0.717, 1.165) is 18.5 Å². The molecule has 3 heterocycles. The molecule has 178 valence electrons. The first-order valence-corrected chi connectivity index (χ1v) is 13.1. The molecule has 0 radical (unpaired) electrons. The van der Waals surface area contributed by atoms with Crippen LogP contribution in [0, 0.1) is 11.3 Å². The van der Waals surface area contributed by atoms with Crippen LogP contribution in [0.15, 0.2) is 6.20 Å². The number of carbonyl (C=O) groups excluding carboxylic acids is 2. The van der Waals surface area contributed by atoms with E-state index >= 15 is 0 Å². The second-order valence-electron chi connectivity index (χ2n) is 10.7. The summed E-state index contributed by atoms with van der Waals surface area (Å²) in [5.41, 5.74) is 0.389. The lowest BCUT2D eigenvalue weighted by molar-refractivity contribution is -0.144. The molecule has 0 spiro atoms. The number of sulfone groups is 1. The maximum absolute atomic E-state index is 13.7. The standard InChI is InChI=1S/C21H33N5O5S/c1-12(14-10-32(30,31)11-14)22-19(28)17-7-15(27)8-25(17)20(29)18(21(2,3)4)26-9-16(23-24-26)13-5-6-13/h9,12-15,17-18,27H,5-8,10-11H2,1-4H3,(H,22,28)/t12?,15?,17?,18-/m1/s1. The maximum atomic E-state index is 13.7. The zero-order chi connectivity index (χ0) is 23.4. The lowest BCUT2D eigenvalue weighted by atomic mass is 9.85.